The minimum absolute atomic E-state index is 0.0913. The maximum absolute atomic E-state index is 13.9. The maximum atomic E-state index is 13.9. The summed E-state index contributed by atoms with van der Waals surface area (Å²) >= 11 is 0. The van der Waals surface area contributed by atoms with E-state index in [9.17, 15) is 38.2 Å². The number of ether oxygens (including phenoxy) is 1. The third kappa shape index (κ3) is 4.70. The number of nitro groups is 2. The third-order valence-electron chi connectivity index (χ3n) is 6.10. The summed E-state index contributed by atoms with van der Waals surface area (Å²) in [5.74, 6) is -2.76. The SMILES string of the molecule is O=C(CC1(C(F)(F)F)N=c2ccccc2=N1)Oc1c([N+](=O)[O-])cc(C2CCCCC2)cc1[N+](=O)[O-]. The zero-order valence-electron chi connectivity index (χ0n) is 18.2. The number of fused-ring (bicyclic) bond motifs is 1. The zero-order chi connectivity index (χ0) is 25.4. The first-order chi connectivity index (χ1) is 16.5. The normalized spacial score (nSPS) is 17.1. The van der Waals surface area contributed by atoms with Crippen molar-refractivity contribution in [3.05, 3.63) is 72.9 Å². The van der Waals surface area contributed by atoms with Crippen LogP contribution in [-0.2, 0) is 4.79 Å². The van der Waals surface area contributed by atoms with Crippen LogP contribution in [0.5, 0.6) is 5.75 Å². The highest BCUT2D eigenvalue weighted by molar-refractivity contribution is 5.78. The number of rotatable bonds is 6. The van der Waals surface area contributed by atoms with Crippen LogP contribution in [0.4, 0.5) is 24.5 Å². The van der Waals surface area contributed by atoms with Crippen molar-refractivity contribution >= 4 is 17.3 Å². The second kappa shape index (κ2) is 9.04. The molecule has 0 atom stereocenters. The molecular weight excluding hydrogens is 473 g/mol. The van der Waals surface area contributed by atoms with E-state index in [4.69, 9.17) is 4.74 Å². The van der Waals surface area contributed by atoms with Crippen molar-refractivity contribution in [2.24, 2.45) is 9.98 Å². The Morgan fingerprint density at radius 2 is 1.51 bits per heavy atom. The fourth-order valence-electron chi connectivity index (χ4n) is 4.40. The Morgan fingerprint density at radius 3 is 1.97 bits per heavy atom. The molecule has 13 heteroatoms. The number of esters is 1. The summed E-state index contributed by atoms with van der Waals surface area (Å²) in [6.07, 6.45) is -2.49. The molecule has 1 aliphatic heterocycles. The fourth-order valence-corrected chi connectivity index (χ4v) is 4.40. The van der Waals surface area contributed by atoms with Gasteiger partial charge in [-0.1, -0.05) is 31.4 Å². The molecule has 35 heavy (non-hydrogen) atoms. The lowest BCUT2D eigenvalue weighted by Gasteiger charge is -2.25. The number of carbonyl (C=O) groups excluding carboxylic acids is 1. The molecule has 1 heterocycles. The Hall–Kier alpha value is -3.90. The van der Waals surface area contributed by atoms with Crippen LogP contribution >= 0.6 is 0 Å². The quantitative estimate of drug-likeness (QED) is 0.258. The van der Waals surface area contributed by atoms with Crippen LogP contribution in [0.3, 0.4) is 0 Å². The maximum Gasteiger partial charge on any atom is 0.434 e. The van der Waals surface area contributed by atoms with Crippen LogP contribution in [0.1, 0.15) is 50.0 Å². The molecule has 1 saturated carbocycles. The number of nitrogens with zero attached hydrogens (tertiary/aromatic N) is 4. The molecule has 1 aliphatic carbocycles. The average molecular weight is 492 g/mol. The van der Waals surface area contributed by atoms with Crippen LogP contribution in [0.2, 0.25) is 0 Å². The number of nitro benzene ring substituents is 2. The minimum atomic E-state index is -5.10. The standard InChI is InChI=1S/C22H19F3N4O6/c23-22(24,25)21(26-15-8-4-5-9-16(15)27-21)12-19(30)35-20-17(28(31)32)10-14(11-18(20)29(33)34)13-6-2-1-3-7-13/h4-5,8-11,13H,1-3,6-7,12H2. The Kier molecular flexibility index (Phi) is 6.26. The van der Waals surface area contributed by atoms with Crippen LogP contribution in [0, 0.1) is 20.2 Å². The molecule has 10 nitrogen and oxygen atoms in total. The molecule has 0 amide bonds. The molecule has 1 fully saturated rings. The predicted octanol–water partition coefficient (Wildman–Crippen LogP) is 4.06. The Bertz CT molecular complexity index is 1250. The molecule has 0 N–H and O–H groups in total. The molecule has 0 saturated heterocycles. The van der Waals surface area contributed by atoms with E-state index in [-0.39, 0.29) is 16.6 Å². The van der Waals surface area contributed by atoms with Gasteiger partial charge in [0, 0.05) is 12.1 Å². The summed E-state index contributed by atoms with van der Waals surface area (Å²) in [5.41, 5.74) is -4.58. The molecule has 0 spiro atoms. The van der Waals surface area contributed by atoms with Gasteiger partial charge < -0.3 is 4.74 Å². The first-order valence-electron chi connectivity index (χ1n) is 10.8. The van der Waals surface area contributed by atoms with Gasteiger partial charge >= 0.3 is 23.5 Å². The fraction of sp³-hybridized carbons (Fsp3) is 0.409. The van der Waals surface area contributed by atoms with Gasteiger partial charge in [-0.05, 0) is 36.5 Å². The Morgan fingerprint density at radius 1 is 1.00 bits per heavy atom. The van der Waals surface area contributed by atoms with Crippen molar-refractivity contribution in [1.82, 2.24) is 0 Å². The molecule has 0 radical (unpaired) electrons. The molecule has 0 bridgehead atoms. The van der Waals surface area contributed by atoms with Gasteiger partial charge in [-0.15, -0.1) is 0 Å². The summed E-state index contributed by atoms with van der Waals surface area (Å²) in [5, 5.41) is 23.2. The van der Waals surface area contributed by atoms with E-state index in [2.05, 4.69) is 9.98 Å². The largest absolute Gasteiger partial charge is 0.434 e. The highest BCUT2D eigenvalue weighted by Gasteiger charge is 2.58. The van der Waals surface area contributed by atoms with E-state index >= 15 is 0 Å². The van der Waals surface area contributed by atoms with Gasteiger partial charge in [0.2, 0.25) is 0 Å². The van der Waals surface area contributed by atoms with Crippen molar-refractivity contribution in [3.63, 3.8) is 0 Å². The molecule has 2 aromatic rings. The summed E-state index contributed by atoms with van der Waals surface area (Å²) < 4.78 is 46.7. The summed E-state index contributed by atoms with van der Waals surface area (Å²) in [7, 11) is 0. The van der Waals surface area contributed by atoms with E-state index in [1.54, 1.807) is 0 Å². The second-order valence-corrected chi connectivity index (χ2v) is 8.41. The van der Waals surface area contributed by atoms with E-state index in [0.29, 0.717) is 18.4 Å². The summed E-state index contributed by atoms with van der Waals surface area (Å²) in [6.45, 7) is 0. The van der Waals surface area contributed by atoms with Crippen molar-refractivity contribution in [1.29, 1.82) is 0 Å². The van der Waals surface area contributed by atoms with Gasteiger partial charge in [-0.2, -0.15) is 13.2 Å². The van der Waals surface area contributed by atoms with Gasteiger partial charge in [0.25, 0.3) is 11.4 Å². The lowest BCUT2D eigenvalue weighted by atomic mass is 9.83. The van der Waals surface area contributed by atoms with E-state index in [1.807, 2.05) is 0 Å². The predicted molar refractivity (Wildman–Crippen MR) is 113 cm³/mol. The van der Waals surface area contributed by atoms with Crippen LogP contribution < -0.4 is 15.5 Å². The Balaban J connectivity index is 1.71. The zero-order valence-corrected chi connectivity index (χ0v) is 18.2. The van der Waals surface area contributed by atoms with Crippen molar-refractivity contribution in [2.75, 3.05) is 0 Å². The molecular formula is C22H19F3N4O6. The average Bonchev–Trinajstić information content (AvgIpc) is 3.18. The summed E-state index contributed by atoms with van der Waals surface area (Å²) in [6, 6.07) is 7.65. The van der Waals surface area contributed by atoms with Gasteiger partial charge in [0.15, 0.2) is 0 Å². The number of benzene rings is 2. The number of carbonyl (C=O) groups is 1. The van der Waals surface area contributed by atoms with E-state index in [0.717, 1.165) is 31.4 Å². The third-order valence-corrected chi connectivity index (χ3v) is 6.10. The van der Waals surface area contributed by atoms with Gasteiger partial charge in [0.1, 0.15) is 6.42 Å². The molecule has 4 rings (SSSR count). The van der Waals surface area contributed by atoms with Gasteiger partial charge in [0.05, 0.1) is 20.6 Å². The minimum Gasteiger partial charge on any atom is -0.412 e. The molecule has 2 aliphatic rings. The van der Waals surface area contributed by atoms with Gasteiger partial charge in [-0.25, -0.2) is 9.98 Å². The molecule has 0 unspecified atom stereocenters. The lowest BCUT2D eigenvalue weighted by molar-refractivity contribution is -0.395. The van der Waals surface area contributed by atoms with Crippen molar-refractivity contribution < 1.29 is 32.5 Å². The lowest BCUT2D eigenvalue weighted by Crippen LogP contribution is -2.44. The van der Waals surface area contributed by atoms with Gasteiger partial charge in [-0.3, -0.25) is 25.0 Å². The number of hydrogen-bond donors (Lipinski definition) is 0. The topological polar surface area (TPSA) is 137 Å². The number of alkyl halides is 3. The highest BCUT2D eigenvalue weighted by atomic mass is 19.4. The molecule has 0 aromatic heterocycles. The first-order valence-corrected chi connectivity index (χ1v) is 10.8. The second-order valence-electron chi connectivity index (χ2n) is 8.41. The smallest absolute Gasteiger partial charge is 0.412 e. The highest BCUT2D eigenvalue weighted by Crippen LogP contribution is 2.44. The van der Waals surface area contributed by atoms with Crippen molar-refractivity contribution in [3.8, 4) is 5.75 Å². The number of hydrogen-bond acceptors (Lipinski definition) is 8. The van der Waals surface area contributed by atoms with E-state index < -0.39 is 51.2 Å². The number of halogens is 3. The first kappa shape index (κ1) is 24.2. The van der Waals surface area contributed by atoms with Crippen LogP contribution in [0.15, 0.2) is 46.4 Å². The number of para-hydroxylation sites is 2. The molecule has 2 aromatic carbocycles. The van der Waals surface area contributed by atoms with Crippen molar-refractivity contribution in [2.45, 2.75) is 56.3 Å². The van der Waals surface area contributed by atoms with Crippen LogP contribution in [-0.4, -0.2) is 27.7 Å². The summed E-state index contributed by atoms with van der Waals surface area (Å²) in [4.78, 5) is 41.2. The Labute approximate surface area is 195 Å². The van der Waals surface area contributed by atoms with E-state index in [1.165, 1.54) is 24.3 Å². The monoisotopic (exact) mass is 492 g/mol. The molecule has 184 valence electrons. The van der Waals surface area contributed by atoms with Crippen LogP contribution in [0.25, 0.3) is 0 Å².